The van der Waals surface area contributed by atoms with E-state index in [1.54, 1.807) is 0 Å². The van der Waals surface area contributed by atoms with Gasteiger partial charge in [0.25, 0.3) is 0 Å². The van der Waals surface area contributed by atoms with Gasteiger partial charge in [0.05, 0.1) is 5.41 Å². The zero-order chi connectivity index (χ0) is 13.5. The fourth-order valence-corrected chi connectivity index (χ4v) is 3.14. The van der Waals surface area contributed by atoms with Gasteiger partial charge in [0.15, 0.2) is 0 Å². The van der Waals surface area contributed by atoms with Crippen LogP contribution in [0.5, 0.6) is 0 Å². The van der Waals surface area contributed by atoms with Gasteiger partial charge in [-0.05, 0) is 37.2 Å². The third kappa shape index (κ3) is 2.16. The van der Waals surface area contributed by atoms with E-state index in [0.29, 0.717) is 12.5 Å². The van der Waals surface area contributed by atoms with Crippen molar-refractivity contribution in [3.05, 3.63) is 35.9 Å². The Kier molecular flexibility index (Phi) is 3.09. The summed E-state index contributed by atoms with van der Waals surface area (Å²) >= 11 is 0. The first-order valence-electron chi connectivity index (χ1n) is 7.22. The monoisotopic (exact) mass is 258 g/mol. The van der Waals surface area contributed by atoms with Crippen LogP contribution in [0.2, 0.25) is 0 Å². The lowest BCUT2D eigenvalue weighted by atomic mass is 9.93. The van der Waals surface area contributed by atoms with E-state index in [4.69, 9.17) is 5.73 Å². The number of amides is 1. The first-order chi connectivity index (χ1) is 9.19. The van der Waals surface area contributed by atoms with Gasteiger partial charge >= 0.3 is 0 Å². The van der Waals surface area contributed by atoms with Crippen LogP contribution in [0, 0.1) is 5.92 Å². The smallest absolute Gasteiger partial charge is 0.233 e. The number of benzene rings is 1. The van der Waals surface area contributed by atoms with Gasteiger partial charge in [-0.1, -0.05) is 30.3 Å². The summed E-state index contributed by atoms with van der Waals surface area (Å²) in [7, 11) is 1.93. The highest BCUT2D eigenvalue weighted by Gasteiger charge is 2.53. The van der Waals surface area contributed by atoms with Crippen LogP contribution in [0.25, 0.3) is 0 Å². The number of nitrogens with two attached hydrogens (primary N) is 1. The minimum atomic E-state index is -0.252. The quantitative estimate of drug-likeness (QED) is 0.877. The number of carbonyl (C=O) groups excluding carboxylic acids is 1. The summed E-state index contributed by atoms with van der Waals surface area (Å²) in [6, 6.07) is 10.4. The van der Waals surface area contributed by atoms with Crippen molar-refractivity contribution in [2.24, 2.45) is 11.7 Å². The number of likely N-dealkylation sites (N-methyl/N-ethyl adjacent to an activating group) is 1. The van der Waals surface area contributed by atoms with Gasteiger partial charge in [-0.2, -0.15) is 0 Å². The van der Waals surface area contributed by atoms with Crippen LogP contribution in [-0.4, -0.2) is 30.4 Å². The minimum Gasteiger partial charge on any atom is -0.340 e. The molecule has 0 saturated heterocycles. The van der Waals surface area contributed by atoms with Crippen LogP contribution in [0.4, 0.5) is 0 Å². The van der Waals surface area contributed by atoms with Crippen molar-refractivity contribution in [2.75, 3.05) is 13.6 Å². The molecular formula is C16H22N2O. The van der Waals surface area contributed by atoms with Gasteiger partial charge in [0.2, 0.25) is 5.91 Å². The average Bonchev–Trinajstić information content (AvgIpc) is 3.33. The molecule has 3 heteroatoms. The molecule has 2 saturated carbocycles. The maximum Gasteiger partial charge on any atom is 0.233 e. The van der Waals surface area contributed by atoms with Crippen LogP contribution in [0.1, 0.15) is 31.2 Å². The summed E-state index contributed by atoms with van der Waals surface area (Å²) in [5.74, 6) is 0.895. The van der Waals surface area contributed by atoms with E-state index in [-0.39, 0.29) is 17.4 Å². The van der Waals surface area contributed by atoms with E-state index in [1.807, 2.05) is 30.1 Å². The third-order valence-electron chi connectivity index (χ3n) is 4.71. The molecule has 2 fully saturated rings. The summed E-state index contributed by atoms with van der Waals surface area (Å²) < 4.78 is 0. The second-order valence-corrected chi connectivity index (χ2v) is 6.00. The zero-order valence-electron chi connectivity index (χ0n) is 11.5. The van der Waals surface area contributed by atoms with E-state index in [9.17, 15) is 4.79 Å². The molecule has 1 amide bonds. The summed E-state index contributed by atoms with van der Waals surface area (Å²) in [6.45, 7) is 0.581. The van der Waals surface area contributed by atoms with Crippen molar-refractivity contribution < 1.29 is 4.79 Å². The number of hydrogen-bond acceptors (Lipinski definition) is 2. The third-order valence-corrected chi connectivity index (χ3v) is 4.71. The van der Waals surface area contributed by atoms with Crippen LogP contribution in [0.15, 0.2) is 30.3 Å². The number of hydrogen-bond donors (Lipinski definition) is 1. The van der Waals surface area contributed by atoms with Gasteiger partial charge in [-0.3, -0.25) is 4.79 Å². The summed E-state index contributed by atoms with van der Waals surface area (Å²) in [4.78, 5) is 14.8. The lowest BCUT2D eigenvalue weighted by Gasteiger charge is -2.31. The molecule has 3 nitrogen and oxygen atoms in total. The van der Waals surface area contributed by atoms with Gasteiger partial charge < -0.3 is 10.6 Å². The molecule has 3 rings (SSSR count). The van der Waals surface area contributed by atoms with E-state index < -0.39 is 0 Å². The molecule has 0 bridgehead atoms. The van der Waals surface area contributed by atoms with E-state index in [1.165, 1.54) is 18.4 Å². The Hall–Kier alpha value is -1.35. The average molecular weight is 258 g/mol. The first kappa shape index (κ1) is 12.7. The van der Waals surface area contributed by atoms with Crippen LogP contribution in [-0.2, 0) is 10.2 Å². The summed E-state index contributed by atoms with van der Waals surface area (Å²) in [5.41, 5.74) is 6.77. The van der Waals surface area contributed by atoms with Crippen molar-refractivity contribution in [1.29, 1.82) is 0 Å². The lowest BCUT2D eigenvalue weighted by Crippen LogP contribution is -2.47. The molecule has 0 aromatic heterocycles. The molecular weight excluding hydrogens is 236 g/mol. The first-order valence-corrected chi connectivity index (χ1v) is 7.22. The Bertz CT molecular complexity index is 463. The highest BCUT2D eigenvalue weighted by Crippen LogP contribution is 2.50. The van der Waals surface area contributed by atoms with Crippen molar-refractivity contribution >= 4 is 5.91 Å². The standard InChI is InChI=1S/C16H22N2O/c1-18(14(11-17)12-7-8-12)15(19)16(9-10-16)13-5-3-2-4-6-13/h2-6,12,14H,7-11,17H2,1H3. The molecule has 0 radical (unpaired) electrons. The maximum atomic E-state index is 12.8. The Labute approximate surface area is 114 Å². The second-order valence-electron chi connectivity index (χ2n) is 6.00. The van der Waals surface area contributed by atoms with Gasteiger partial charge in [0, 0.05) is 19.6 Å². The zero-order valence-corrected chi connectivity index (χ0v) is 11.5. The van der Waals surface area contributed by atoms with E-state index in [2.05, 4.69) is 12.1 Å². The topological polar surface area (TPSA) is 46.3 Å². The largest absolute Gasteiger partial charge is 0.340 e. The maximum absolute atomic E-state index is 12.8. The Morgan fingerprint density at radius 2 is 2.00 bits per heavy atom. The van der Waals surface area contributed by atoms with Gasteiger partial charge in [-0.15, -0.1) is 0 Å². The molecule has 1 unspecified atom stereocenters. The molecule has 2 N–H and O–H groups in total. The predicted molar refractivity (Wildman–Crippen MR) is 75.7 cm³/mol. The molecule has 2 aliphatic carbocycles. The Morgan fingerprint density at radius 3 is 2.47 bits per heavy atom. The van der Waals surface area contributed by atoms with E-state index >= 15 is 0 Å². The lowest BCUT2D eigenvalue weighted by molar-refractivity contribution is -0.135. The Morgan fingerprint density at radius 1 is 1.37 bits per heavy atom. The molecule has 2 aliphatic rings. The number of nitrogens with zero attached hydrogens (tertiary/aromatic N) is 1. The number of carbonyl (C=O) groups is 1. The summed E-state index contributed by atoms with van der Waals surface area (Å²) in [5, 5.41) is 0. The SMILES string of the molecule is CN(C(=O)C1(c2ccccc2)CC1)C(CN)C1CC1. The highest BCUT2D eigenvalue weighted by molar-refractivity contribution is 5.91. The van der Waals surface area contributed by atoms with Crippen molar-refractivity contribution in [3.63, 3.8) is 0 Å². The van der Waals surface area contributed by atoms with Crippen LogP contribution >= 0.6 is 0 Å². The van der Waals surface area contributed by atoms with Crippen LogP contribution in [0.3, 0.4) is 0 Å². The fourth-order valence-electron chi connectivity index (χ4n) is 3.14. The van der Waals surface area contributed by atoms with E-state index in [0.717, 1.165) is 12.8 Å². The van der Waals surface area contributed by atoms with Gasteiger partial charge in [-0.25, -0.2) is 0 Å². The number of rotatable bonds is 5. The predicted octanol–water partition coefficient (Wildman–Crippen LogP) is 1.91. The van der Waals surface area contributed by atoms with Crippen molar-refractivity contribution in [1.82, 2.24) is 4.90 Å². The normalized spacial score (nSPS) is 21.8. The van der Waals surface area contributed by atoms with Crippen LogP contribution < -0.4 is 5.73 Å². The molecule has 0 spiro atoms. The molecule has 0 heterocycles. The summed E-state index contributed by atoms with van der Waals surface area (Å²) in [6.07, 6.45) is 4.39. The van der Waals surface area contributed by atoms with Crippen molar-refractivity contribution in [3.8, 4) is 0 Å². The molecule has 1 aromatic rings. The Balaban J connectivity index is 1.80. The molecule has 1 aromatic carbocycles. The molecule has 1 atom stereocenters. The second kappa shape index (κ2) is 4.64. The van der Waals surface area contributed by atoms with Gasteiger partial charge in [0.1, 0.15) is 0 Å². The minimum absolute atomic E-state index is 0.230. The van der Waals surface area contributed by atoms with Crippen molar-refractivity contribution in [2.45, 2.75) is 37.1 Å². The fraction of sp³-hybridized carbons (Fsp3) is 0.562. The molecule has 0 aliphatic heterocycles. The molecule has 102 valence electrons. The molecule has 19 heavy (non-hydrogen) atoms. The highest BCUT2D eigenvalue weighted by atomic mass is 16.2.